The largest absolute Gasteiger partial charge is 0.454 e. The predicted molar refractivity (Wildman–Crippen MR) is 241 cm³/mol. The molecule has 11 aromatic rings. The van der Waals surface area contributed by atoms with Crippen LogP contribution in [0.15, 0.2) is 227 Å². The molecule has 0 saturated heterocycles. The minimum absolute atomic E-state index is 0.128. The van der Waals surface area contributed by atoms with Crippen LogP contribution in [0.3, 0.4) is 0 Å². The molecule has 0 saturated carbocycles. The third-order valence-corrected chi connectivity index (χ3v) is 10.7. The van der Waals surface area contributed by atoms with E-state index in [-0.39, 0.29) is 35.4 Å². The molecule has 9 aromatic carbocycles. The number of hydrogen-bond donors (Lipinski definition) is 0. The topological polar surface area (TPSA) is 32.8 Å². The molecule has 2 heterocycles. The van der Waals surface area contributed by atoms with Gasteiger partial charge < -0.3 is 18.6 Å². The Kier molecular flexibility index (Phi) is 7.13. The van der Waals surface area contributed by atoms with Crippen LogP contribution in [0.5, 0.6) is 0 Å². The molecule has 2 aromatic heterocycles. The van der Waals surface area contributed by atoms with E-state index in [0.717, 1.165) is 66.5 Å². The van der Waals surface area contributed by atoms with Crippen molar-refractivity contribution in [3.63, 3.8) is 0 Å². The Morgan fingerprint density at radius 1 is 0.293 bits per heavy atom. The Morgan fingerprint density at radius 3 is 1.17 bits per heavy atom. The molecule has 58 heavy (non-hydrogen) atoms. The van der Waals surface area contributed by atoms with Gasteiger partial charge in [0, 0.05) is 44.3 Å². The maximum absolute atomic E-state index is 9.42. The van der Waals surface area contributed by atoms with Gasteiger partial charge in [-0.25, -0.2) is 0 Å². The number of benzene rings is 9. The van der Waals surface area contributed by atoms with Gasteiger partial charge in [-0.15, -0.1) is 0 Å². The lowest BCUT2D eigenvalue weighted by molar-refractivity contribution is 0.668. The van der Waals surface area contributed by atoms with Gasteiger partial charge in [0.15, 0.2) is 11.2 Å². The minimum atomic E-state index is -0.154. The van der Waals surface area contributed by atoms with Gasteiger partial charge in [-0.1, -0.05) is 146 Å². The van der Waals surface area contributed by atoms with Crippen LogP contribution in [0.25, 0.3) is 66.1 Å². The van der Waals surface area contributed by atoms with Gasteiger partial charge in [-0.05, 0) is 95.0 Å². The Labute approximate surface area is 341 Å². The van der Waals surface area contributed by atoms with Crippen molar-refractivity contribution >= 4 is 78.0 Å². The molecule has 0 spiro atoms. The summed E-state index contributed by atoms with van der Waals surface area (Å²) in [6.07, 6.45) is 0. The standard InChI is InChI=1S/C54H36N2O2/c1-3-13-41(14-4-1)55(49-21-11-19-47-45-17-7-9-23-51(45)57-53(47)49)43-33-29-39(30-34-43)37-25-27-38(28-26-37)40-31-35-44(36-32-40)56(42-15-5-2-6-16-42)50-22-12-20-48-46-18-8-10-24-52(46)58-54(48)50/h1-36H/i29D,30D,33D,34D. The number of anilines is 6. The Balaban J connectivity index is 0.956. The van der Waals surface area contributed by atoms with Gasteiger partial charge in [0.05, 0.1) is 16.9 Å². The number of nitrogens with zero attached hydrogens (tertiary/aromatic N) is 2. The second kappa shape index (κ2) is 14.0. The summed E-state index contributed by atoms with van der Waals surface area (Å²) in [5.74, 6) is 0. The highest BCUT2D eigenvalue weighted by Gasteiger charge is 2.21. The molecule has 11 rings (SSSR count). The highest BCUT2D eigenvalue weighted by atomic mass is 16.3. The number of furan rings is 2. The Hall–Kier alpha value is -7.82. The number of fused-ring (bicyclic) bond motifs is 6. The van der Waals surface area contributed by atoms with E-state index in [2.05, 4.69) is 65.6 Å². The molecule has 0 bridgehead atoms. The molecular weight excluding hydrogens is 709 g/mol. The van der Waals surface area contributed by atoms with Gasteiger partial charge in [-0.3, -0.25) is 0 Å². The Bertz CT molecular complexity index is 3430. The summed E-state index contributed by atoms with van der Waals surface area (Å²) in [4.78, 5) is 3.98. The maximum Gasteiger partial charge on any atom is 0.159 e. The molecular formula is C54H36N2O2. The first kappa shape index (κ1) is 29.5. The van der Waals surface area contributed by atoms with Crippen LogP contribution in [0.4, 0.5) is 34.1 Å². The third kappa shape index (κ3) is 5.78. The van der Waals surface area contributed by atoms with Crippen LogP contribution in [0.2, 0.25) is 0 Å². The first-order chi connectivity index (χ1) is 30.4. The van der Waals surface area contributed by atoms with Crippen LogP contribution in [-0.2, 0) is 0 Å². The number of hydrogen-bond acceptors (Lipinski definition) is 4. The molecule has 4 nitrogen and oxygen atoms in total. The first-order valence-electron chi connectivity index (χ1n) is 21.3. The smallest absolute Gasteiger partial charge is 0.159 e. The molecule has 0 N–H and O–H groups in total. The summed E-state index contributed by atoms with van der Waals surface area (Å²) in [6, 6.07) is 63.2. The highest BCUT2D eigenvalue weighted by molar-refractivity contribution is 6.11. The third-order valence-electron chi connectivity index (χ3n) is 10.7. The SMILES string of the molecule is [2H]c1c([2H])c(N(c2ccccc2)c2cccc3c2oc2ccccc23)c([2H])c([2H])c1-c1ccc(-c2ccc(N(c3ccccc3)c3cccc4c3oc3ccccc34)cc2)cc1. The van der Waals surface area contributed by atoms with Crippen molar-refractivity contribution in [2.24, 2.45) is 0 Å². The highest BCUT2D eigenvalue weighted by Crippen LogP contribution is 2.44. The van der Waals surface area contributed by atoms with Crippen molar-refractivity contribution in [3.8, 4) is 22.3 Å². The van der Waals surface area contributed by atoms with Crippen LogP contribution < -0.4 is 9.80 Å². The summed E-state index contributed by atoms with van der Waals surface area (Å²) in [5, 5.41) is 3.99. The van der Waals surface area contributed by atoms with Crippen molar-refractivity contribution in [3.05, 3.63) is 218 Å². The zero-order valence-electron chi connectivity index (χ0n) is 35.2. The summed E-state index contributed by atoms with van der Waals surface area (Å²) >= 11 is 0. The fraction of sp³-hybridized carbons (Fsp3) is 0. The molecule has 274 valence electrons. The summed E-state index contributed by atoms with van der Waals surface area (Å²) in [7, 11) is 0. The van der Waals surface area contributed by atoms with E-state index in [4.69, 9.17) is 8.83 Å². The van der Waals surface area contributed by atoms with E-state index in [0.29, 0.717) is 22.5 Å². The van der Waals surface area contributed by atoms with Crippen molar-refractivity contribution in [1.82, 2.24) is 0 Å². The van der Waals surface area contributed by atoms with Gasteiger partial charge >= 0.3 is 0 Å². The van der Waals surface area contributed by atoms with E-state index in [1.165, 1.54) is 0 Å². The fourth-order valence-electron chi connectivity index (χ4n) is 7.98. The summed E-state index contributed by atoms with van der Waals surface area (Å²) in [6.45, 7) is 0. The normalized spacial score (nSPS) is 12.4. The van der Waals surface area contributed by atoms with Crippen LogP contribution in [-0.4, -0.2) is 0 Å². The molecule has 4 heteroatoms. The van der Waals surface area contributed by atoms with E-state index in [1.807, 2.05) is 133 Å². The minimum Gasteiger partial charge on any atom is -0.454 e. The molecule has 0 amide bonds. The van der Waals surface area contributed by atoms with E-state index < -0.39 is 0 Å². The lowest BCUT2D eigenvalue weighted by Gasteiger charge is -2.25. The maximum atomic E-state index is 9.42. The molecule has 0 fully saturated rings. The predicted octanol–water partition coefficient (Wildman–Crippen LogP) is 15.8. The van der Waals surface area contributed by atoms with Gasteiger partial charge in [0.1, 0.15) is 11.2 Å². The van der Waals surface area contributed by atoms with Crippen molar-refractivity contribution < 1.29 is 14.3 Å². The lowest BCUT2D eigenvalue weighted by Crippen LogP contribution is -2.10. The first-order valence-corrected chi connectivity index (χ1v) is 19.3. The molecule has 0 aliphatic carbocycles. The van der Waals surface area contributed by atoms with Crippen molar-refractivity contribution in [2.45, 2.75) is 0 Å². The zero-order valence-corrected chi connectivity index (χ0v) is 31.2. The van der Waals surface area contributed by atoms with Crippen LogP contribution >= 0.6 is 0 Å². The number of para-hydroxylation sites is 6. The van der Waals surface area contributed by atoms with Crippen molar-refractivity contribution in [1.29, 1.82) is 0 Å². The van der Waals surface area contributed by atoms with E-state index >= 15 is 0 Å². The monoisotopic (exact) mass is 748 g/mol. The summed E-state index contributed by atoms with van der Waals surface area (Å²) in [5.41, 5.74) is 10.1. The fourth-order valence-corrected chi connectivity index (χ4v) is 7.98. The van der Waals surface area contributed by atoms with Gasteiger partial charge in [0.2, 0.25) is 0 Å². The average molecular weight is 749 g/mol. The zero-order chi connectivity index (χ0) is 41.9. The number of rotatable bonds is 8. The second-order valence-corrected chi connectivity index (χ2v) is 14.2. The quantitative estimate of drug-likeness (QED) is 0.155. The van der Waals surface area contributed by atoms with E-state index in [1.54, 1.807) is 4.90 Å². The lowest BCUT2D eigenvalue weighted by atomic mass is 9.99. The molecule has 0 radical (unpaired) electrons. The molecule has 0 atom stereocenters. The van der Waals surface area contributed by atoms with Gasteiger partial charge in [-0.2, -0.15) is 0 Å². The van der Waals surface area contributed by atoms with Gasteiger partial charge in [0.25, 0.3) is 0 Å². The second-order valence-electron chi connectivity index (χ2n) is 14.2. The van der Waals surface area contributed by atoms with Crippen LogP contribution in [0.1, 0.15) is 5.48 Å². The molecule has 0 aliphatic heterocycles. The molecule has 0 aliphatic rings. The van der Waals surface area contributed by atoms with Crippen molar-refractivity contribution in [2.75, 3.05) is 9.80 Å². The van der Waals surface area contributed by atoms with E-state index in [9.17, 15) is 5.48 Å². The Morgan fingerprint density at radius 2 is 0.672 bits per heavy atom. The molecule has 0 unspecified atom stereocenters. The average Bonchev–Trinajstić information content (AvgIpc) is 3.91. The summed E-state index contributed by atoms with van der Waals surface area (Å²) < 4.78 is 50.4. The van der Waals surface area contributed by atoms with Crippen LogP contribution in [0, 0.1) is 0 Å².